The van der Waals surface area contributed by atoms with Crippen LogP contribution in [0, 0.1) is 3.57 Å². The molecule has 1 aliphatic rings. The molecule has 1 heterocycles. The third-order valence-electron chi connectivity index (χ3n) is 3.94. The Labute approximate surface area is 191 Å². The minimum absolute atomic E-state index is 0.111. The number of benzene rings is 1. The Morgan fingerprint density at radius 2 is 1.45 bits per heavy atom. The van der Waals surface area contributed by atoms with Gasteiger partial charge >= 0.3 is 23.9 Å². The monoisotopic (exact) mass is 552 g/mol. The molecule has 0 bridgehead atoms. The quantitative estimate of drug-likeness (QED) is 0.308. The summed E-state index contributed by atoms with van der Waals surface area (Å²) in [5.41, 5.74) is 0. The highest BCUT2D eigenvalue weighted by atomic mass is 127. The van der Waals surface area contributed by atoms with E-state index < -0.39 is 54.6 Å². The van der Waals surface area contributed by atoms with Gasteiger partial charge in [-0.2, -0.15) is 0 Å². The molecule has 1 aliphatic heterocycles. The normalized spacial score (nSPS) is 25.1. The predicted octanol–water partition coefficient (Wildman–Crippen LogP) is 1.07. The molecule has 1 saturated heterocycles. The maximum atomic E-state index is 12.3. The van der Waals surface area contributed by atoms with Crippen LogP contribution in [0.5, 0.6) is 11.5 Å². The first-order valence-electron chi connectivity index (χ1n) is 8.93. The zero-order chi connectivity index (χ0) is 23.3. The van der Waals surface area contributed by atoms with Gasteiger partial charge < -0.3 is 33.5 Å². The van der Waals surface area contributed by atoms with Crippen LogP contribution in [0.15, 0.2) is 18.2 Å². The van der Waals surface area contributed by atoms with Gasteiger partial charge in [0.1, 0.15) is 11.5 Å². The van der Waals surface area contributed by atoms with Crippen molar-refractivity contribution in [3.63, 3.8) is 0 Å². The summed E-state index contributed by atoms with van der Waals surface area (Å²) < 4.78 is 32.3. The van der Waals surface area contributed by atoms with Gasteiger partial charge in [-0.05, 0) is 34.7 Å². The lowest BCUT2D eigenvalue weighted by atomic mass is 9.97. The average Bonchev–Trinajstić information content (AvgIpc) is 2.63. The molecular weight excluding hydrogens is 531 g/mol. The van der Waals surface area contributed by atoms with Crippen LogP contribution < -0.4 is 4.74 Å². The summed E-state index contributed by atoms with van der Waals surface area (Å²) in [6, 6.07) is 4.28. The van der Waals surface area contributed by atoms with Gasteiger partial charge in [0, 0.05) is 30.4 Å². The van der Waals surface area contributed by atoms with E-state index in [1.807, 2.05) is 22.6 Å². The Balaban J connectivity index is 2.52. The molecule has 1 N–H and O–H groups in total. The van der Waals surface area contributed by atoms with Gasteiger partial charge in [-0.15, -0.1) is 0 Å². The van der Waals surface area contributed by atoms with Crippen LogP contribution in [0.1, 0.15) is 20.8 Å². The SMILES string of the molecule is COC(=O)C1O[C@H](Oc2cc(O)cc(I)c2)[C@H](OC(C)=O)[C@H](OC(C)=O)[C@H]1OC(C)=O. The van der Waals surface area contributed by atoms with Crippen molar-refractivity contribution in [2.45, 2.75) is 51.5 Å². The highest BCUT2D eigenvalue weighted by molar-refractivity contribution is 14.1. The highest BCUT2D eigenvalue weighted by Gasteiger charge is 2.55. The van der Waals surface area contributed by atoms with E-state index in [9.17, 15) is 24.3 Å². The number of phenolic OH excluding ortho intramolecular Hbond substituents is 1. The molecule has 0 spiro atoms. The molecule has 1 unspecified atom stereocenters. The van der Waals surface area contributed by atoms with Crippen LogP contribution in [0.2, 0.25) is 0 Å². The van der Waals surface area contributed by atoms with E-state index in [0.29, 0.717) is 3.57 Å². The number of ether oxygens (including phenoxy) is 6. The number of carbonyl (C=O) groups is 4. The van der Waals surface area contributed by atoms with E-state index in [4.69, 9.17) is 28.4 Å². The van der Waals surface area contributed by atoms with Crippen molar-refractivity contribution >= 4 is 46.5 Å². The lowest BCUT2D eigenvalue weighted by Gasteiger charge is -2.43. The first-order valence-corrected chi connectivity index (χ1v) is 10.0. The van der Waals surface area contributed by atoms with E-state index in [-0.39, 0.29) is 11.5 Å². The number of hydrogen-bond acceptors (Lipinski definition) is 11. The summed E-state index contributed by atoms with van der Waals surface area (Å²) >= 11 is 1.94. The van der Waals surface area contributed by atoms with E-state index in [1.54, 1.807) is 6.07 Å². The second-order valence-electron chi connectivity index (χ2n) is 6.43. The topological polar surface area (TPSA) is 144 Å². The molecule has 31 heavy (non-hydrogen) atoms. The number of halogens is 1. The molecule has 170 valence electrons. The second kappa shape index (κ2) is 10.6. The fraction of sp³-hybridized carbons (Fsp3) is 0.474. The van der Waals surface area contributed by atoms with E-state index in [2.05, 4.69) is 0 Å². The zero-order valence-electron chi connectivity index (χ0n) is 17.0. The Morgan fingerprint density at radius 1 is 0.903 bits per heavy atom. The number of hydrogen-bond donors (Lipinski definition) is 1. The Hall–Kier alpha value is -2.61. The van der Waals surface area contributed by atoms with Gasteiger partial charge in [0.15, 0.2) is 18.3 Å². The van der Waals surface area contributed by atoms with Crippen LogP contribution in [0.4, 0.5) is 0 Å². The van der Waals surface area contributed by atoms with Crippen molar-refractivity contribution in [3.8, 4) is 11.5 Å². The van der Waals surface area contributed by atoms with Crippen LogP contribution in [-0.4, -0.2) is 66.8 Å². The number of phenols is 1. The van der Waals surface area contributed by atoms with E-state index in [1.165, 1.54) is 12.1 Å². The van der Waals surface area contributed by atoms with Crippen molar-refractivity contribution in [2.75, 3.05) is 7.11 Å². The first-order chi connectivity index (χ1) is 14.5. The molecule has 0 aliphatic carbocycles. The van der Waals surface area contributed by atoms with E-state index >= 15 is 0 Å². The second-order valence-corrected chi connectivity index (χ2v) is 7.68. The largest absolute Gasteiger partial charge is 0.508 e. The Bertz CT molecular complexity index is 835. The fourth-order valence-electron chi connectivity index (χ4n) is 2.92. The molecule has 0 amide bonds. The summed E-state index contributed by atoms with van der Waals surface area (Å²) in [6.07, 6.45) is -7.41. The lowest BCUT2D eigenvalue weighted by molar-refractivity contribution is -0.282. The molecule has 1 fully saturated rings. The summed E-state index contributed by atoms with van der Waals surface area (Å²) in [7, 11) is 1.09. The predicted molar refractivity (Wildman–Crippen MR) is 109 cm³/mol. The van der Waals surface area contributed by atoms with Gasteiger partial charge in [0.25, 0.3) is 0 Å². The van der Waals surface area contributed by atoms with Gasteiger partial charge in [0.2, 0.25) is 12.4 Å². The summed E-state index contributed by atoms with van der Waals surface area (Å²) in [4.78, 5) is 47.5. The molecule has 1 aromatic carbocycles. The number of rotatable bonds is 6. The standard InChI is InChI=1S/C19H21IO11/c1-8(21)27-14-15(28-9(2)22)17(29-10(3)23)19(31-16(14)18(25)26-4)30-13-6-11(20)5-12(24)7-13/h5-7,14-17,19,24H,1-4H3/t14-,15-,16?,17-,19+/m1/s1. The maximum Gasteiger partial charge on any atom is 0.339 e. The highest BCUT2D eigenvalue weighted by Crippen LogP contribution is 2.32. The first kappa shape index (κ1) is 24.7. The molecule has 2 rings (SSSR count). The van der Waals surface area contributed by atoms with Gasteiger partial charge in [0.05, 0.1) is 7.11 Å². The smallest absolute Gasteiger partial charge is 0.339 e. The van der Waals surface area contributed by atoms with Crippen molar-refractivity contribution < 1.29 is 52.7 Å². The summed E-state index contributed by atoms with van der Waals surface area (Å²) in [6.45, 7) is 3.27. The average molecular weight is 552 g/mol. The van der Waals surface area contributed by atoms with Crippen LogP contribution in [-0.2, 0) is 42.9 Å². The molecule has 0 saturated carbocycles. The Morgan fingerprint density at radius 3 is 1.97 bits per heavy atom. The number of carbonyl (C=O) groups excluding carboxylic acids is 4. The maximum absolute atomic E-state index is 12.3. The van der Waals surface area contributed by atoms with Gasteiger partial charge in [-0.3, -0.25) is 14.4 Å². The van der Waals surface area contributed by atoms with E-state index in [0.717, 1.165) is 27.9 Å². The molecule has 5 atom stereocenters. The lowest BCUT2D eigenvalue weighted by Crippen LogP contribution is -2.64. The van der Waals surface area contributed by atoms with Crippen LogP contribution >= 0.6 is 22.6 Å². The zero-order valence-corrected chi connectivity index (χ0v) is 19.2. The minimum Gasteiger partial charge on any atom is -0.508 e. The molecule has 12 heteroatoms. The van der Waals surface area contributed by atoms with Gasteiger partial charge in [-0.25, -0.2) is 4.79 Å². The molecule has 1 aromatic rings. The van der Waals surface area contributed by atoms with Crippen molar-refractivity contribution in [2.24, 2.45) is 0 Å². The van der Waals surface area contributed by atoms with Gasteiger partial charge in [-0.1, -0.05) is 0 Å². The minimum atomic E-state index is -1.56. The van der Waals surface area contributed by atoms with Crippen molar-refractivity contribution in [1.82, 2.24) is 0 Å². The third-order valence-corrected chi connectivity index (χ3v) is 4.57. The number of methoxy groups -OCH3 is 1. The molecular formula is C19H21IO11. The molecule has 11 nitrogen and oxygen atoms in total. The van der Waals surface area contributed by atoms with Crippen molar-refractivity contribution in [1.29, 1.82) is 0 Å². The fourth-order valence-corrected chi connectivity index (χ4v) is 3.55. The number of aromatic hydroxyl groups is 1. The Kier molecular flexibility index (Phi) is 8.44. The summed E-state index contributed by atoms with van der Waals surface area (Å²) in [5.74, 6) is -3.31. The molecule has 0 aromatic heterocycles. The third kappa shape index (κ3) is 6.69. The van der Waals surface area contributed by atoms with Crippen LogP contribution in [0.3, 0.4) is 0 Å². The number of esters is 4. The van der Waals surface area contributed by atoms with Crippen molar-refractivity contribution in [3.05, 3.63) is 21.8 Å². The summed E-state index contributed by atoms with van der Waals surface area (Å²) in [5, 5.41) is 9.81. The van der Waals surface area contributed by atoms with Crippen LogP contribution in [0.25, 0.3) is 0 Å². The molecule has 0 radical (unpaired) electrons.